The van der Waals surface area contributed by atoms with Crippen molar-refractivity contribution in [1.29, 1.82) is 0 Å². The van der Waals surface area contributed by atoms with E-state index in [0.29, 0.717) is 12.5 Å². The molecule has 2 aromatic heterocycles. The van der Waals surface area contributed by atoms with Crippen molar-refractivity contribution in [3.05, 3.63) is 59.2 Å². The summed E-state index contributed by atoms with van der Waals surface area (Å²) in [4.78, 5) is 15.2. The van der Waals surface area contributed by atoms with Crippen molar-refractivity contribution in [2.24, 2.45) is 0 Å². The van der Waals surface area contributed by atoms with Crippen LogP contribution < -0.4 is 0 Å². The molecule has 1 saturated carbocycles. The highest BCUT2D eigenvalue weighted by molar-refractivity contribution is 5.89. The van der Waals surface area contributed by atoms with E-state index in [1.54, 1.807) is 12.5 Å². The zero-order valence-corrected chi connectivity index (χ0v) is 15.0. The van der Waals surface area contributed by atoms with E-state index in [9.17, 15) is 4.79 Å². The molecule has 1 aromatic carbocycles. The monoisotopic (exact) mass is 349 g/mol. The van der Waals surface area contributed by atoms with Gasteiger partial charge in [0.05, 0.1) is 25.0 Å². The number of furan rings is 2. The lowest BCUT2D eigenvalue weighted by molar-refractivity contribution is -0.133. The van der Waals surface area contributed by atoms with Crippen molar-refractivity contribution in [3.8, 4) is 0 Å². The van der Waals surface area contributed by atoms with Gasteiger partial charge in [0, 0.05) is 17.0 Å². The van der Waals surface area contributed by atoms with Gasteiger partial charge in [0.2, 0.25) is 5.91 Å². The van der Waals surface area contributed by atoms with Crippen LogP contribution in [0.25, 0.3) is 11.0 Å². The van der Waals surface area contributed by atoms with Gasteiger partial charge in [-0.2, -0.15) is 0 Å². The highest BCUT2D eigenvalue weighted by Gasteiger charge is 2.37. The molecule has 2 aliphatic carbocycles. The molecule has 0 bridgehead atoms. The first-order valence-corrected chi connectivity index (χ1v) is 9.57. The van der Waals surface area contributed by atoms with Crippen LogP contribution in [0.4, 0.5) is 0 Å². The third kappa shape index (κ3) is 2.64. The Hall–Kier alpha value is -2.49. The molecule has 3 aromatic rings. The second-order valence-electron chi connectivity index (χ2n) is 7.63. The number of benzene rings is 1. The maximum absolute atomic E-state index is 13.1. The first-order chi connectivity index (χ1) is 12.7. The predicted molar refractivity (Wildman–Crippen MR) is 98.9 cm³/mol. The summed E-state index contributed by atoms with van der Waals surface area (Å²) in [6.07, 6.45) is 9.46. The minimum Gasteiger partial charge on any atom is -0.467 e. The fraction of sp³-hybridized carbons (Fsp3) is 0.409. The van der Waals surface area contributed by atoms with E-state index in [1.807, 2.05) is 17.0 Å². The average Bonchev–Trinajstić information content (AvgIpc) is 3.06. The van der Waals surface area contributed by atoms with Gasteiger partial charge in [0.15, 0.2) is 0 Å². The Kier molecular flexibility index (Phi) is 3.66. The molecule has 1 atom stereocenters. The van der Waals surface area contributed by atoms with Crippen LogP contribution >= 0.6 is 0 Å². The molecule has 0 N–H and O–H groups in total. The van der Waals surface area contributed by atoms with Gasteiger partial charge < -0.3 is 13.7 Å². The summed E-state index contributed by atoms with van der Waals surface area (Å²) >= 11 is 0. The van der Waals surface area contributed by atoms with E-state index in [4.69, 9.17) is 8.83 Å². The van der Waals surface area contributed by atoms with Crippen LogP contribution in [0.15, 0.2) is 45.6 Å². The van der Waals surface area contributed by atoms with E-state index in [2.05, 4.69) is 19.1 Å². The summed E-state index contributed by atoms with van der Waals surface area (Å²) in [5, 5.41) is 1.10. The molecule has 4 nitrogen and oxygen atoms in total. The number of hydrogen-bond donors (Lipinski definition) is 0. The fourth-order valence-corrected chi connectivity index (χ4v) is 4.29. The lowest BCUT2D eigenvalue weighted by atomic mass is 10.0. The highest BCUT2D eigenvalue weighted by Crippen LogP contribution is 2.36. The van der Waals surface area contributed by atoms with E-state index >= 15 is 0 Å². The van der Waals surface area contributed by atoms with Crippen LogP contribution in [-0.4, -0.2) is 16.8 Å². The number of amides is 1. The molecule has 1 amide bonds. The van der Waals surface area contributed by atoms with Gasteiger partial charge in [-0.1, -0.05) is 0 Å². The van der Waals surface area contributed by atoms with Gasteiger partial charge in [-0.05, 0) is 74.4 Å². The van der Waals surface area contributed by atoms with E-state index in [1.165, 1.54) is 17.5 Å². The van der Waals surface area contributed by atoms with Crippen molar-refractivity contribution in [2.75, 3.05) is 0 Å². The summed E-state index contributed by atoms with van der Waals surface area (Å²) in [5.41, 5.74) is 4.72. The second kappa shape index (κ2) is 6.04. The Balaban J connectivity index is 1.43. The molecule has 1 unspecified atom stereocenters. The Bertz CT molecular complexity index is 949. The molecule has 134 valence electrons. The molecule has 4 heteroatoms. The highest BCUT2D eigenvalue weighted by atomic mass is 16.3. The van der Waals surface area contributed by atoms with Crippen molar-refractivity contribution < 1.29 is 13.6 Å². The van der Waals surface area contributed by atoms with Crippen molar-refractivity contribution in [1.82, 2.24) is 4.90 Å². The molecule has 2 aliphatic rings. The van der Waals surface area contributed by atoms with Crippen molar-refractivity contribution in [3.63, 3.8) is 0 Å². The number of hydrogen-bond acceptors (Lipinski definition) is 3. The lowest BCUT2D eigenvalue weighted by Gasteiger charge is -2.28. The summed E-state index contributed by atoms with van der Waals surface area (Å²) in [6.45, 7) is 2.05. The van der Waals surface area contributed by atoms with Crippen LogP contribution in [0.5, 0.6) is 0 Å². The van der Waals surface area contributed by atoms with E-state index in [-0.39, 0.29) is 11.9 Å². The smallest absolute Gasteiger partial charge is 0.227 e. The minimum atomic E-state index is -0.0348. The Morgan fingerprint density at radius 1 is 1.23 bits per heavy atom. The number of fused-ring (bicyclic) bond motifs is 2. The van der Waals surface area contributed by atoms with Gasteiger partial charge in [-0.3, -0.25) is 4.79 Å². The number of carbonyl (C=O) groups is 1. The topological polar surface area (TPSA) is 46.6 Å². The Morgan fingerprint density at radius 2 is 2.04 bits per heavy atom. The lowest BCUT2D eigenvalue weighted by Crippen LogP contribution is -2.36. The summed E-state index contributed by atoms with van der Waals surface area (Å²) in [5.74, 6) is 1.000. The quantitative estimate of drug-likeness (QED) is 0.664. The van der Waals surface area contributed by atoms with E-state index < -0.39 is 0 Å². The molecule has 0 spiro atoms. The maximum Gasteiger partial charge on any atom is 0.227 e. The normalized spacial score (nSPS) is 17.4. The number of carbonyl (C=O) groups excluding carboxylic acids is 1. The third-order valence-corrected chi connectivity index (χ3v) is 5.81. The largest absolute Gasteiger partial charge is 0.467 e. The average molecular weight is 349 g/mol. The number of nitrogens with zero attached hydrogens (tertiary/aromatic N) is 1. The minimum absolute atomic E-state index is 0.0348. The molecule has 0 radical (unpaired) electrons. The van der Waals surface area contributed by atoms with Crippen LogP contribution in [0, 0.1) is 0 Å². The zero-order chi connectivity index (χ0) is 17.7. The van der Waals surface area contributed by atoms with Gasteiger partial charge in [-0.25, -0.2) is 0 Å². The molecule has 2 heterocycles. The summed E-state index contributed by atoms with van der Waals surface area (Å²) in [7, 11) is 0. The molecular weight excluding hydrogens is 326 g/mol. The van der Waals surface area contributed by atoms with Crippen LogP contribution in [0.1, 0.15) is 54.7 Å². The SMILES string of the molecule is CC(c1ccco1)N(C(=O)Cc1coc2cc3c(cc12)CCC3)C1CC1. The number of rotatable bonds is 5. The summed E-state index contributed by atoms with van der Waals surface area (Å²) < 4.78 is 11.3. The second-order valence-corrected chi connectivity index (χ2v) is 7.63. The molecule has 5 rings (SSSR count). The van der Waals surface area contributed by atoms with Gasteiger partial charge in [0.1, 0.15) is 11.3 Å². The molecular formula is C22H23NO3. The van der Waals surface area contributed by atoms with Crippen LogP contribution in [0.2, 0.25) is 0 Å². The van der Waals surface area contributed by atoms with Crippen molar-refractivity contribution in [2.45, 2.75) is 57.5 Å². The maximum atomic E-state index is 13.1. The number of aryl methyl sites for hydroxylation is 2. The fourth-order valence-electron chi connectivity index (χ4n) is 4.29. The zero-order valence-electron chi connectivity index (χ0n) is 15.0. The molecule has 0 aliphatic heterocycles. The van der Waals surface area contributed by atoms with Gasteiger partial charge in [-0.15, -0.1) is 0 Å². The Morgan fingerprint density at radius 3 is 2.77 bits per heavy atom. The predicted octanol–water partition coefficient (Wildman–Crippen LogP) is 4.81. The van der Waals surface area contributed by atoms with E-state index in [0.717, 1.165) is 48.0 Å². The van der Waals surface area contributed by atoms with Gasteiger partial charge in [0.25, 0.3) is 0 Å². The van der Waals surface area contributed by atoms with Crippen LogP contribution in [0.3, 0.4) is 0 Å². The van der Waals surface area contributed by atoms with Gasteiger partial charge >= 0.3 is 0 Å². The van der Waals surface area contributed by atoms with Crippen molar-refractivity contribution >= 4 is 16.9 Å². The molecule has 26 heavy (non-hydrogen) atoms. The standard InChI is InChI=1S/C22H23NO3/c1-14(20-6-3-9-25-20)23(18-7-8-18)22(24)12-17-13-26-21-11-16-5-2-4-15(16)10-19(17)21/h3,6,9-11,13-14,18H,2,4-5,7-8,12H2,1H3. The first kappa shape index (κ1) is 15.7. The summed E-state index contributed by atoms with van der Waals surface area (Å²) in [6, 6.07) is 8.53. The third-order valence-electron chi connectivity index (χ3n) is 5.81. The van der Waals surface area contributed by atoms with Crippen LogP contribution in [-0.2, 0) is 24.1 Å². The first-order valence-electron chi connectivity index (χ1n) is 9.57. The molecule has 0 saturated heterocycles. The Labute approximate surface area is 152 Å². The molecule has 1 fully saturated rings.